The van der Waals surface area contributed by atoms with E-state index < -0.39 is 12.2 Å². The summed E-state index contributed by atoms with van der Waals surface area (Å²) in [4.78, 5) is 0. The molecule has 0 aliphatic carbocycles. The van der Waals surface area contributed by atoms with Crippen molar-refractivity contribution in [3.63, 3.8) is 0 Å². The topological polar surface area (TPSA) is 49.7 Å². The van der Waals surface area contributed by atoms with Gasteiger partial charge in [-0.15, -0.1) is 23.5 Å². The summed E-state index contributed by atoms with van der Waals surface area (Å²) in [5.41, 5.74) is 0. The van der Waals surface area contributed by atoms with E-state index >= 15 is 0 Å². The summed E-state index contributed by atoms with van der Waals surface area (Å²) in [5.74, 6) is 3.36. The number of ether oxygens (including phenoxy) is 1. The minimum Gasteiger partial charge on any atom is -0.388 e. The van der Waals surface area contributed by atoms with Gasteiger partial charge in [-0.25, -0.2) is 0 Å². The molecule has 0 saturated carbocycles. The quantitative estimate of drug-likeness (QED) is 0.705. The third-order valence-electron chi connectivity index (χ3n) is 2.65. The van der Waals surface area contributed by atoms with Crippen LogP contribution in [0.1, 0.15) is 27.7 Å². The first-order valence-corrected chi connectivity index (χ1v) is 8.72. The van der Waals surface area contributed by atoms with Gasteiger partial charge in [-0.05, 0) is 23.3 Å². The van der Waals surface area contributed by atoms with Crippen LogP contribution in [-0.4, -0.2) is 51.2 Å². The first-order valence-electron chi connectivity index (χ1n) is 6.62. The fourth-order valence-electron chi connectivity index (χ4n) is 1.68. The Morgan fingerprint density at radius 2 is 1.56 bits per heavy atom. The highest BCUT2D eigenvalue weighted by atomic mass is 32.2. The van der Waals surface area contributed by atoms with Gasteiger partial charge in [0.15, 0.2) is 0 Å². The Hall–Kier alpha value is 0.580. The van der Waals surface area contributed by atoms with Crippen LogP contribution < -0.4 is 0 Å². The molecule has 1 aliphatic heterocycles. The number of aliphatic hydroxyl groups is 2. The molecule has 3 nitrogen and oxygen atoms in total. The lowest BCUT2D eigenvalue weighted by Crippen LogP contribution is -2.36. The van der Waals surface area contributed by atoms with E-state index in [4.69, 9.17) is 4.74 Å². The van der Waals surface area contributed by atoms with Crippen molar-refractivity contribution < 1.29 is 14.9 Å². The molecule has 0 bridgehead atoms. The van der Waals surface area contributed by atoms with E-state index in [9.17, 15) is 10.2 Å². The number of rotatable bonds is 7. The summed E-state index contributed by atoms with van der Waals surface area (Å²) in [6.07, 6.45) is -1.71. The molecule has 108 valence electrons. The average Bonchev–Trinajstić information content (AvgIpc) is 2.60. The molecular weight excluding hydrogens is 268 g/mol. The first kappa shape index (κ1) is 16.6. The zero-order valence-electron chi connectivity index (χ0n) is 11.7. The Balaban J connectivity index is 2.52. The normalized spacial score (nSPS) is 28.8. The van der Waals surface area contributed by atoms with Crippen molar-refractivity contribution >= 4 is 23.5 Å². The highest BCUT2D eigenvalue weighted by Crippen LogP contribution is 2.35. The molecule has 0 amide bonds. The molecule has 1 heterocycles. The third kappa shape index (κ3) is 5.29. The summed E-state index contributed by atoms with van der Waals surface area (Å²) in [7, 11) is 0. The van der Waals surface area contributed by atoms with Gasteiger partial charge in [-0.2, -0.15) is 0 Å². The minimum absolute atomic E-state index is 0.210. The van der Waals surface area contributed by atoms with E-state index in [0.29, 0.717) is 11.8 Å². The van der Waals surface area contributed by atoms with Crippen molar-refractivity contribution in [1.82, 2.24) is 0 Å². The standard InChI is InChI=1S/C13H26O3S2/c1-8(2)6-17-13(18-7-9(3)4)12-11(15)10(14)5-16-12/h8-15H,5-7H2,1-4H3. The summed E-state index contributed by atoms with van der Waals surface area (Å²) < 4.78 is 5.77. The zero-order valence-corrected chi connectivity index (χ0v) is 13.3. The second kappa shape index (κ2) is 8.00. The van der Waals surface area contributed by atoms with Crippen LogP contribution in [0.15, 0.2) is 0 Å². The Morgan fingerprint density at radius 1 is 1.06 bits per heavy atom. The summed E-state index contributed by atoms with van der Waals surface area (Å²) in [6.45, 7) is 9.03. The summed E-state index contributed by atoms with van der Waals surface area (Å²) >= 11 is 3.68. The number of hydrogen-bond acceptors (Lipinski definition) is 5. The third-order valence-corrected chi connectivity index (χ3v) is 6.37. The maximum Gasteiger partial charge on any atom is 0.110 e. The van der Waals surface area contributed by atoms with E-state index in [2.05, 4.69) is 27.7 Å². The predicted octanol–water partition coefficient (Wildman–Crippen LogP) is 2.21. The molecule has 2 N–H and O–H groups in total. The average molecular weight is 294 g/mol. The summed E-state index contributed by atoms with van der Waals surface area (Å²) in [5, 5.41) is 19.5. The van der Waals surface area contributed by atoms with Crippen LogP contribution in [0, 0.1) is 11.8 Å². The van der Waals surface area contributed by atoms with Crippen molar-refractivity contribution in [2.75, 3.05) is 18.1 Å². The lowest BCUT2D eigenvalue weighted by Gasteiger charge is -2.26. The Morgan fingerprint density at radius 3 is 1.89 bits per heavy atom. The maximum atomic E-state index is 9.96. The maximum absolute atomic E-state index is 9.96. The number of aliphatic hydroxyl groups excluding tert-OH is 2. The van der Waals surface area contributed by atoms with E-state index in [1.165, 1.54) is 0 Å². The molecule has 1 aliphatic rings. The molecule has 0 aromatic rings. The van der Waals surface area contributed by atoms with Gasteiger partial charge in [0.25, 0.3) is 0 Å². The summed E-state index contributed by atoms with van der Waals surface area (Å²) in [6, 6.07) is 0. The first-order chi connectivity index (χ1) is 8.41. The molecule has 1 rings (SSSR count). The zero-order chi connectivity index (χ0) is 13.7. The largest absolute Gasteiger partial charge is 0.388 e. The predicted molar refractivity (Wildman–Crippen MR) is 80.1 cm³/mol. The van der Waals surface area contributed by atoms with Crippen LogP contribution in [0.4, 0.5) is 0 Å². The monoisotopic (exact) mass is 294 g/mol. The molecule has 1 fully saturated rings. The van der Waals surface area contributed by atoms with Crippen LogP contribution in [0.2, 0.25) is 0 Å². The minimum atomic E-state index is -0.741. The van der Waals surface area contributed by atoms with E-state index in [1.54, 1.807) is 0 Å². The number of thioether (sulfide) groups is 2. The molecule has 0 aromatic heterocycles. The van der Waals surface area contributed by atoms with Gasteiger partial charge < -0.3 is 14.9 Å². The van der Waals surface area contributed by atoms with Gasteiger partial charge in [-0.3, -0.25) is 0 Å². The molecule has 0 aromatic carbocycles. The van der Waals surface area contributed by atoms with Gasteiger partial charge >= 0.3 is 0 Å². The lowest BCUT2D eigenvalue weighted by atomic mass is 10.2. The highest BCUT2D eigenvalue weighted by molar-refractivity contribution is 8.17. The Labute approximate surface area is 119 Å². The Kier molecular flexibility index (Phi) is 7.39. The highest BCUT2D eigenvalue weighted by Gasteiger charge is 2.40. The molecule has 0 radical (unpaired) electrons. The van der Waals surface area contributed by atoms with E-state index in [0.717, 1.165) is 11.5 Å². The van der Waals surface area contributed by atoms with Crippen molar-refractivity contribution in [1.29, 1.82) is 0 Å². The molecule has 3 atom stereocenters. The smallest absolute Gasteiger partial charge is 0.110 e. The van der Waals surface area contributed by atoms with Crippen LogP contribution in [0.5, 0.6) is 0 Å². The van der Waals surface area contributed by atoms with Crippen molar-refractivity contribution in [2.45, 2.75) is 50.6 Å². The van der Waals surface area contributed by atoms with Crippen LogP contribution in [0.25, 0.3) is 0 Å². The molecule has 1 saturated heterocycles. The van der Waals surface area contributed by atoms with Crippen LogP contribution >= 0.6 is 23.5 Å². The van der Waals surface area contributed by atoms with Gasteiger partial charge in [0.2, 0.25) is 0 Å². The van der Waals surface area contributed by atoms with Gasteiger partial charge in [0.05, 0.1) is 11.2 Å². The fourth-order valence-corrected chi connectivity index (χ4v) is 4.54. The molecule has 0 spiro atoms. The second-order valence-electron chi connectivity index (χ2n) is 5.68. The SMILES string of the molecule is CC(C)CSC(SCC(C)C)C1OCC(O)C1O. The van der Waals surface area contributed by atoms with Crippen molar-refractivity contribution in [3.8, 4) is 0 Å². The van der Waals surface area contributed by atoms with Crippen molar-refractivity contribution in [3.05, 3.63) is 0 Å². The van der Waals surface area contributed by atoms with Gasteiger partial charge in [-0.1, -0.05) is 27.7 Å². The van der Waals surface area contributed by atoms with Gasteiger partial charge in [0, 0.05) is 0 Å². The molecule has 5 heteroatoms. The van der Waals surface area contributed by atoms with Gasteiger partial charge in [0.1, 0.15) is 18.3 Å². The fraction of sp³-hybridized carbons (Fsp3) is 1.00. The molecule has 18 heavy (non-hydrogen) atoms. The second-order valence-corrected chi connectivity index (χ2v) is 8.33. The van der Waals surface area contributed by atoms with E-state index in [-0.39, 0.29) is 17.3 Å². The molecule has 3 unspecified atom stereocenters. The van der Waals surface area contributed by atoms with Crippen LogP contribution in [-0.2, 0) is 4.74 Å². The van der Waals surface area contributed by atoms with Crippen molar-refractivity contribution in [2.24, 2.45) is 11.8 Å². The lowest BCUT2D eigenvalue weighted by molar-refractivity contribution is 0.0307. The number of hydrogen-bond donors (Lipinski definition) is 2. The molecular formula is C13H26O3S2. The Bertz CT molecular complexity index is 224. The van der Waals surface area contributed by atoms with Crippen LogP contribution in [0.3, 0.4) is 0 Å². The van der Waals surface area contributed by atoms with E-state index in [1.807, 2.05) is 23.5 Å².